The molecule has 0 spiro atoms. The third kappa shape index (κ3) is 3.19. The quantitative estimate of drug-likeness (QED) is 0.647. The summed E-state index contributed by atoms with van der Waals surface area (Å²) in [5.41, 5.74) is -0.244. The summed E-state index contributed by atoms with van der Waals surface area (Å²) < 4.78 is 27.6. The standard InChI is InChI=1S/C14H7BrCl2F2O/c15-7-4-11(18)14(12(19)5-7)13(20)6-8-9(16)2-1-3-10(8)17/h1-5H,6H2. The van der Waals surface area contributed by atoms with Crippen LogP contribution in [0.2, 0.25) is 10.0 Å². The summed E-state index contributed by atoms with van der Waals surface area (Å²) in [4.78, 5) is 12.1. The highest BCUT2D eigenvalue weighted by Crippen LogP contribution is 2.27. The SMILES string of the molecule is O=C(Cc1c(Cl)cccc1Cl)c1c(F)cc(Br)cc1F. The monoisotopic (exact) mass is 378 g/mol. The molecule has 20 heavy (non-hydrogen) atoms. The molecule has 0 amide bonds. The van der Waals surface area contributed by atoms with Gasteiger partial charge in [-0.2, -0.15) is 0 Å². The zero-order valence-electron chi connectivity index (χ0n) is 9.89. The van der Waals surface area contributed by atoms with E-state index in [-0.39, 0.29) is 20.9 Å². The Morgan fingerprint density at radius 3 is 2.10 bits per heavy atom. The topological polar surface area (TPSA) is 17.1 Å². The summed E-state index contributed by atoms with van der Waals surface area (Å²) in [5.74, 6) is -2.57. The molecule has 0 heterocycles. The van der Waals surface area contributed by atoms with Crippen molar-refractivity contribution >= 4 is 44.9 Å². The molecule has 0 saturated heterocycles. The highest BCUT2D eigenvalue weighted by atomic mass is 79.9. The van der Waals surface area contributed by atoms with Gasteiger partial charge in [0.2, 0.25) is 0 Å². The van der Waals surface area contributed by atoms with Gasteiger partial charge in [-0.1, -0.05) is 45.2 Å². The van der Waals surface area contributed by atoms with Crippen LogP contribution in [0.5, 0.6) is 0 Å². The van der Waals surface area contributed by atoms with E-state index in [1.165, 1.54) is 0 Å². The van der Waals surface area contributed by atoms with E-state index in [9.17, 15) is 13.6 Å². The highest BCUT2D eigenvalue weighted by molar-refractivity contribution is 9.10. The average Bonchev–Trinajstić information content (AvgIpc) is 2.32. The highest BCUT2D eigenvalue weighted by Gasteiger charge is 2.20. The summed E-state index contributed by atoms with van der Waals surface area (Å²) in [6, 6.07) is 6.81. The number of halogens is 5. The Hall–Kier alpha value is -0.970. The first-order valence-corrected chi connectivity index (χ1v) is 7.05. The molecular formula is C14H7BrCl2F2O. The Kier molecular flexibility index (Phi) is 4.78. The first kappa shape index (κ1) is 15.4. The van der Waals surface area contributed by atoms with Crippen molar-refractivity contribution in [2.45, 2.75) is 6.42 Å². The minimum atomic E-state index is -0.926. The number of rotatable bonds is 3. The second-order valence-electron chi connectivity index (χ2n) is 4.04. The molecular weight excluding hydrogens is 373 g/mol. The van der Waals surface area contributed by atoms with Gasteiger partial charge in [0.05, 0.1) is 5.56 Å². The lowest BCUT2D eigenvalue weighted by atomic mass is 10.0. The Morgan fingerprint density at radius 1 is 1.10 bits per heavy atom. The van der Waals surface area contributed by atoms with Gasteiger partial charge in [-0.15, -0.1) is 0 Å². The summed E-state index contributed by atoms with van der Waals surface area (Å²) in [5, 5.41) is 0.563. The fourth-order valence-corrected chi connectivity index (χ4v) is 2.69. The summed E-state index contributed by atoms with van der Waals surface area (Å²) in [6.45, 7) is 0. The normalized spacial score (nSPS) is 10.7. The molecule has 0 unspecified atom stereocenters. The van der Waals surface area contributed by atoms with Gasteiger partial charge >= 0.3 is 0 Å². The van der Waals surface area contributed by atoms with Crippen LogP contribution < -0.4 is 0 Å². The summed E-state index contributed by atoms with van der Waals surface area (Å²) in [6.07, 6.45) is -0.270. The van der Waals surface area contributed by atoms with Gasteiger partial charge in [0.1, 0.15) is 11.6 Å². The van der Waals surface area contributed by atoms with E-state index in [0.29, 0.717) is 5.56 Å². The van der Waals surface area contributed by atoms with E-state index in [4.69, 9.17) is 23.2 Å². The molecule has 0 radical (unpaired) electrons. The lowest BCUT2D eigenvalue weighted by Crippen LogP contribution is -2.10. The molecule has 0 aromatic heterocycles. The van der Waals surface area contributed by atoms with Gasteiger partial charge in [-0.25, -0.2) is 8.78 Å². The largest absolute Gasteiger partial charge is 0.294 e. The van der Waals surface area contributed by atoms with Crippen LogP contribution in [0.1, 0.15) is 15.9 Å². The summed E-state index contributed by atoms with van der Waals surface area (Å²) >= 11 is 14.8. The van der Waals surface area contributed by atoms with Crippen molar-refractivity contribution in [2.24, 2.45) is 0 Å². The van der Waals surface area contributed by atoms with E-state index in [0.717, 1.165) is 12.1 Å². The molecule has 0 atom stereocenters. The molecule has 0 N–H and O–H groups in total. The molecule has 2 aromatic rings. The van der Waals surface area contributed by atoms with E-state index in [1.807, 2.05) is 0 Å². The Labute approximate surface area is 132 Å². The second kappa shape index (κ2) is 6.20. The number of benzene rings is 2. The maximum Gasteiger partial charge on any atom is 0.173 e. The van der Waals surface area contributed by atoms with Crippen LogP contribution in [0.3, 0.4) is 0 Å². The average molecular weight is 380 g/mol. The zero-order chi connectivity index (χ0) is 14.9. The van der Waals surface area contributed by atoms with Gasteiger partial charge < -0.3 is 0 Å². The fraction of sp³-hybridized carbons (Fsp3) is 0.0714. The molecule has 0 aliphatic rings. The number of carbonyl (C=O) groups is 1. The van der Waals surface area contributed by atoms with Gasteiger partial charge in [0, 0.05) is 20.9 Å². The predicted octanol–water partition coefficient (Wildman–Crippen LogP) is 5.46. The number of Topliss-reactive ketones (excluding diaryl/α,β-unsaturated/α-hetero) is 1. The van der Waals surface area contributed by atoms with Crippen LogP contribution in [0, 0.1) is 11.6 Å². The molecule has 0 aliphatic carbocycles. The molecule has 1 nitrogen and oxygen atoms in total. The first-order valence-electron chi connectivity index (χ1n) is 5.50. The zero-order valence-corrected chi connectivity index (χ0v) is 13.0. The van der Waals surface area contributed by atoms with Crippen LogP contribution in [-0.4, -0.2) is 5.78 Å². The lowest BCUT2D eigenvalue weighted by molar-refractivity contribution is 0.0985. The third-order valence-corrected chi connectivity index (χ3v) is 3.85. The molecule has 0 saturated carbocycles. The number of ketones is 1. The van der Waals surface area contributed by atoms with E-state index in [1.54, 1.807) is 18.2 Å². The molecule has 0 fully saturated rings. The van der Waals surface area contributed by atoms with Crippen molar-refractivity contribution in [3.8, 4) is 0 Å². The van der Waals surface area contributed by atoms with Gasteiger partial charge in [-0.3, -0.25) is 4.79 Å². The van der Waals surface area contributed by atoms with Crippen LogP contribution in [-0.2, 0) is 6.42 Å². The molecule has 0 bridgehead atoms. The first-order chi connectivity index (χ1) is 9.40. The Balaban J connectivity index is 2.39. The van der Waals surface area contributed by atoms with Crippen LogP contribution in [0.25, 0.3) is 0 Å². The Morgan fingerprint density at radius 2 is 1.60 bits per heavy atom. The molecule has 6 heteroatoms. The van der Waals surface area contributed by atoms with Gasteiger partial charge in [0.15, 0.2) is 5.78 Å². The van der Waals surface area contributed by atoms with Crippen molar-refractivity contribution in [2.75, 3.05) is 0 Å². The van der Waals surface area contributed by atoms with Gasteiger partial charge in [0.25, 0.3) is 0 Å². The van der Waals surface area contributed by atoms with Crippen molar-refractivity contribution in [3.05, 3.63) is 67.6 Å². The molecule has 0 aliphatic heterocycles. The van der Waals surface area contributed by atoms with E-state index >= 15 is 0 Å². The van der Waals surface area contributed by atoms with Crippen molar-refractivity contribution in [1.29, 1.82) is 0 Å². The molecule has 2 aromatic carbocycles. The minimum absolute atomic E-state index is 0.222. The number of hydrogen-bond acceptors (Lipinski definition) is 1. The van der Waals surface area contributed by atoms with E-state index < -0.39 is 23.0 Å². The fourth-order valence-electron chi connectivity index (χ4n) is 1.76. The third-order valence-electron chi connectivity index (χ3n) is 2.68. The van der Waals surface area contributed by atoms with Crippen LogP contribution >= 0.6 is 39.1 Å². The summed E-state index contributed by atoms with van der Waals surface area (Å²) in [7, 11) is 0. The molecule has 2 rings (SSSR count). The number of carbonyl (C=O) groups excluding carboxylic acids is 1. The Bertz CT molecular complexity index is 646. The van der Waals surface area contributed by atoms with Crippen molar-refractivity contribution in [3.63, 3.8) is 0 Å². The lowest BCUT2D eigenvalue weighted by Gasteiger charge is -2.08. The van der Waals surface area contributed by atoms with E-state index in [2.05, 4.69) is 15.9 Å². The van der Waals surface area contributed by atoms with Gasteiger partial charge in [-0.05, 0) is 29.8 Å². The molecule has 104 valence electrons. The van der Waals surface area contributed by atoms with Crippen LogP contribution in [0.4, 0.5) is 8.78 Å². The number of hydrogen-bond donors (Lipinski definition) is 0. The van der Waals surface area contributed by atoms with Crippen LogP contribution in [0.15, 0.2) is 34.8 Å². The maximum absolute atomic E-state index is 13.7. The van der Waals surface area contributed by atoms with Crippen molar-refractivity contribution in [1.82, 2.24) is 0 Å². The predicted molar refractivity (Wildman–Crippen MR) is 78.6 cm³/mol. The second-order valence-corrected chi connectivity index (χ2v) is 5.77. The van der Waals surface area contributed by atoms with Crippen molar-refractivity contribution < 1.29 is 13.6 Å². The maximum atomic E-state index is 13.7. The minimum Gasteiger partial charge on any atom is -0.294 e. The smallest absolute Gasteiger partial charge is 0.173 e.